The van der Waals surface area contributed by atoms with E-state index in [0.717, 1.165) is 12.0 Å². The zero-order valence-electron chi connectivity index (χ0n) is 16.1. The molecule has 6 rings (SSSR count). The SMILES string of the molecule is Cn1cnc2ncn(Cc3nc([C@H]4[C@@H]5C=C(c6ccc(F)cc6)C[C@@H]54)no3)c(=O)c21. The monoisotopic (exact) mass is 404 g/mol. The largest absolute Gasteiger partial charge is 0.337 e. The molecule has 1 fully saturated rings. The molecule has 0 amide bonds. The fraction of sp³-hybridized carbons (Fsp3) is 0.286. The van der Waals surface area contributed by atoms with Crippen molar-refractivity contribution in [3.63, 3.8) is 0 Å². The van der Waals surface area contributed by atoms with Crippen LogP contribution in [0.4, 0.5) is 4.39 Å². The summed E-state index contributed by atoms with van der Waals surface area (Å²) in [5, 5.41) is 4.15. The van der Waals surface area contributed by atoms with E-state index < -0.39 is 0 Å². The number of hydrogen-bond donors (Lipinski definition) is 0. The Kier molecular flexibility index (Phi) is 3.56. The van der Waals surface area contributed by atoms with E-state index in [9.17, 15) is 9.18 Å². The number of halogens is 1. The third kappa shape index (κ3) is 2.62. The average Bonchev–Trinajstić information content (AvgIpc) is 3.16. The van der Waals surface area contributed by atoms with Gasteiger partial charge in [-0.05, 0) is 41.5 Å². The molecule has 2 aliphatic rings. The molecule has 0 bridgehead atoms. The molecular weight excluding hydrogens is 387 g/mol. The standard InChI is InChI=1S/C21H17FN6O2/c1-27-9-23-20-18(27)21(29)28(10-24-20)8-16-25-19(26-30-16)17-14-6-12(7-15(14)17)11-2-4-13(22)5-3-11/h2-6,9-10,14-15,17H,7-8H2,1H3/t14-,15+,17+/m1/s1. The van der Waals surface area contributed by atoms with Gasteiger partial charge in [0.05, 0.1) is 6.33 Å². The van der Waals surface area contributed by atoms with E-state index in [-0.39, 0.29) is 23.8 Å². The predicted molar refractivity (Wildman–Crippen MR) is 105 cm³/mol. The molecule has 0 aliphatic heterocycles. The van der Waals surface area contributed by atoms with Gasteiger partial charge in [0.1, 0.15) is 18.7 Å². The molecule has 0 radical (unpaired) electrons. The van der Waals surface area contributed by atoms with Crippen LogP contribution < -0.4 is 5.56 Å². The quantitative estimate of drug-likeness (QED) is 0.519. The molecule has 1 saturated carbocycles. The van der Waals surface area contributed by atoms with Crippen LogP contribution in [0.15, 0.2) is 52.3 Å². The van der Waals surface area contributed by atoms with Gasteiger partial charge in [0.2, 0.25) is 5.89 Å². The maximum absolute atomic E-state index is 13.1. The molecule has 4 aromatic rings. The summed E-state index contributed by atoms with van der Waals surface area (Å²) in [5.41, 5.74) is 2.96. The Labute approximate surface area is 169 Å². The van der Waals surface area contributed by atoms with E-state index in [2.05, 4.69) is 26.2 Å². The van der Waals surface area contributed by atoms with E-state index in [1.54, 1.807) is 17.9 Å². The number of aryl methyl sites for hydroxylation is 1. The van der Waals surface area contributed by atoms with Crippen LogP contribution in [0, 0.1) is 17.7 Å². The highest BCUT2D eigenvalue weighted by Gasteiger charge is 2.55. The minimum absolute atomic E-state index is 0.165. The summed E-state index contributed by atoms with van der Waals surface area (Å²) in [7, 11) is 1.76. The molecular formula is C21H17FN6O2. The topological polar surface area (TPSA) is 91.6 Å². The number of imidazole rings is 1. The van der Waals surface area contributed by atoms with Gasteiger partial charge in [-0.15, -0.1) is 0 Å². The minimum atomic E-state index is -0.225. The summed E-state index contributed by atoms with van der Waals surface area (Å²) in [5.74, 6) is 1.90. The fourth-order valence-corrected chi connectivity index (χ4v) is 4.48. The fourth-order valence-electron chi connectivity index (χ4n) is 4.48. The summed E-state index contributed by atoms with van der Waals surface area (Å²) >= 11 is 0. The molecule has 30 heavy (non-hydrogen) atoms. The van der Waals surface area contributed by atoms with Crippen LogP contribution in [0.2, 0.25) is 0 Å². The van der Waals surface area contributed by atoms with Gasteiger partial charge in [0.25, 0.3) is 5.56 Å². The summed E-state index contributed by atoms with van der Waals surface area (Å²) in [6.07, 6.45) is 6.17. The maximum Gasteiger partial charge on any atom is 0.280 e. The van der Waals surface area contributed by atoms with Crippen LogP contribution in [0.3, 0.4) is 0 Å². The Balaban J connectivity index is 1.20. The summed E-state index contributed by atoms with van der Waals surface area (Å²) < 4.78 is 21.6. The van der Waals surface area contributed by atoms with E-state index in [0.29, 0.717) is 34.7 Å². The molecule has 8 nitrogen and oxygen atoms in total. The lowest BCUT2D eigenvalue weighted by Crippen LogP contribution is -2.22. The van der Waals surface area contributed by atoms with Gasteiger partial charge in [-0.25, -0.2) is 14.4 Å². The Morgan fingerprint density at radius 3 is 2.77 bits per heavy atom. The second-order valence-electron chi connectivity index (χ2n) is 7.92. The van der Waals surface area contributed by atoms with Gasteiger partial charge in [-0.2, -0.15) is 4.98 Å². The van der Waals surface area contributed by atoms with Crippen LogP contribution in [-0.4, -0.2) is 29.2 Å². The van der Waals surface area contributed by atoms with Crippen molar-refractivity contribution in [1.82, 2.24) is 29.2 Å². The Morgan fingerprint density at radius 2 is 2.00 bits per heavy atom. The average molecular weight is 404 g/mol. The van der Waals surface area contributed by atoms with Crippen molar-refractivity contribution in [1.29, 1.82) is 0 Å². The van der Waals surface area contributed by atoms with E-state index >= 15 is 0 Å². The summed E-state index contributed by atoms with van der Waals surface area (Å²) in [6.45, 7) is 0.165. The van der Waals surface area contributed by atoms with Crippen molar-refractivity contribution in [2.75, 3.05) is 0 Å². The van der Waals surface area contributed by atoms with Crippen molar-refractivity contribution in [2.45, 2.75) is 18.9 Å². The van der Waals surface area contributed by atoms with Crippen LogP contribution in [0.5, 0.6) is 0 Å². The third-order valence-corrected chi connectivity index (χ3v) is 6.08. The van der Waals surface area contributed by atoms with Gasteiger partial charge in [-0.1, -0.05) is 23.4 Å². The first-order chi connectivity index (χ1) is 14.6. The number of nitrogens with zero attached hydrogens (tertiary/aromatic N) is 6. The van der Waals surface area contributed by atoms with Crippen molar-refractivity contribution in [2.24, 2.45) is 18.9 Å². The molecule has 3 aromatic heterocycles. The first kappa shape index (κ1) is 17.3. The molecule has 0 unspecified atom stereocenters. The highest BCUT2D eigenvalue weighted by molar-refractivity contribution is 5.71. The number of benzene rings is 1. The lowest BCUT2D eigenvalue weighted by molar-refractivity contribution is 0.364. The third-order valence-electron chi connectivity index (χ3n) is 6.08. The minimum Gasteiger partial charge on any atom is -0.337 e. The van der Waals surface area contributed by atoms with E-state index in [1.807, 2.05) is 12.1 Å². The van der Waals surface area contributed by atoms with Crippen LogP contribution in [0.1, 0.15) is 29.6 Å². The molecule has 1 aromatic carbocycles. The number of aromatic nitrogens is 6. The number of rotatable bonds is 4. The predicted octanol–water partition coefficient (Wildman–Crippen LogP) is 2.52. The molecule has 150 valence electrons. The normalized spacial score (nSPS) is 22.3. The Bertz CT molecular complexity index is 1370. The van der Waals surface area contributed by atoms with E-state index in [1.165, 1.54) is 28.6 Å². The van der Waals surface area contributed by atoms with E-state index in [4.69, 9.17) is 4.52 Å². The second kappa shape index (κ2) is 6.19. The molecule has 3 atom stereocenters. The molecule has 0 saturated heterocycles. The lowest BCUT2D eigenvalue weighted by Gasteiger charge is -2.05. The van der Waals surface area contributed by atoms with Crippen molar-refractivity contribution in [3.05, 3.63) is 76.4 Å². The zero-order chi connectivity index (χ0) is 20.4. The maximum atomic E-state index is 13.1. The van der Waals surface area contributed by atoms with Crippen LogP contribution in [0.25, 0.3) is 16.7 Å². The van der Waals surface area contributed by atoms with Crippen molar-refractivity contribution < 1.29 is 8.91 Å². The molecule has 3 heterocycles. The van der Waals surface area contributed by atoms with Crippen molar-refractivity contribution >= 4 is 16.7 Å². The van der Waals surface area contributed by atoms with Gasteiger partial charge in [-0.3, -0.25) is 9.36 Å². The van der Waals surface area contributed by atoms with Crippen LogP contribution >= 0.6 is 0 Å². The summed E-state index contributed by atoms with van der Waals surface area (Å²) in [6, 6.07) is 6.61. The van der Waals surface area contributed by atoms with Gasteiger partial charge in [0, 0.05) is 13.0 Å². The molecule has 9 heteroatoms. The first-order valence-corrected chi connectivity index (χ1v) is 9.74. The van der Waals surface area contributed by atoms with Crippen LogP contribution in [-0.2, 0) is 13.6 Å². The number of hydrogen-bond acceptors (Lipinski definition) is 6. The second-order valence-corrected chi connectivity index (χ2v) is 7.92. The number of fused-ring (bicyclic) bond motifs is 2. The number of allylic oxidation sites excluding steroid dienone is 2. The molecule has 0 spiro atoms. The lowest BCUT2D eigenvalue weighted by atomic mass is 10.0. The smallest absolute Gasteiger partial charge is 0.280 e. The highest BCUT2D eigenvalue weighted by Crippen LogP contribution is 2.62. The Morgan fingerprint density at radius 1 is 1.20 bits per heavy atom. The van der Waals surface area contributed by atoms with Crippen molar-refractivity contribution in [3.8, 4) is 0 Å². The molecule has 2 aliphatic carbocycles. The highest BCUT2D eigenvalue weighted by atomic mass is 19.1. The Hall–Kier alpha value is -3.62. The first-order valence-electron chi connectivity index (χ1n) is 9.74. The van der Waals surface area contributed by atoms with Gasteiger partial charge in [0.15, 0.2) is 17.0 Å². The zero-order valence-corrected chi connectivity index (χ0v) is 16.1. The molecule has 0 N–H and O–H groups in total. The van der Waals surface area contributed by atoms with Gasteiger partial charge >= 0.3 is 0 Å². The van der Waals surface area contributed by atoms with Gasteiger partial charge < -0.3 is 9.09 Å². The summed E-state index contributed by atoms with van der Waals surface area (Å²) in [4.78, 5) is 25.5.